The fourth-order valence-corrected chi connectivity index (χ4v) is 3.22. The van der Waals surface area contributed by atoms with Gasteiger partial charge in [0.2, 0.25) is 5.91 Å². The number of fused-ring (bicyclic) bond motifs is 1. The minimum atomic E-state index is -0.0600. The smallest absolute Gasteiger partial charge is 0.246 e. The molecule has 0 aromatic heterocycles. The van der Waals surface area contributed by atoms with Crippen LogP contribution in [0.4, 0.5) is 0 Å². The Morgan fingerprint density at radius 3 is 2.36 bits per heavy atom. The molecule has 25 heavy (non-hydrogen) atoms. The average Bonchev–Trinajstić information content (AvgIpc) is 3.05. The molecule has 0 fully saturated rings. The van der Waals surface area contributed by atoms with E-state index >= 15 is 0 Å². The highest BCUT2D eigenvalue weighted by Crippen LogP contribution is 2.28. The summed E-state index contributed by atoms with van der Waals surface area (Å²) in [4.78, 5) is 11.8. The fraction of sp³-hybridized carbons (Fsp3) is 0.381. The number of hydrogen-bond acceptors (Lipinski definition) is 3. The Balaban J connectivity index is 1.22. The van der Waals surface area contributed by atoms with Gasteiger partial charge < -0.3 is 14.8 Å². The van der Waals surface area contributed by atoms with Crippen LogP contribution in [0.3, 0.4) is 0 Å². The molecule has 0 atom stereocenters. The highest BCUT2D eigenvalue weighted by molar-refractivity contribution is 5.77. The lowest BCUT2D eigenvalue weighted by molar-refractivity contribution is -0.125. The van der Waals surface area contributed by atoms with Gasteiger partial charge in [0.05, 0.1) is 6.61 Å². The maximum atomic E-state index is 11.8. The van der Waals surface area contributed by atoms with E-state index in [1.807, 2.05) is 30.3 Å². The number of carbonyl (C=O) groups excluding carboxylic acids is 1. The molecule has 2 aromatic rings. The summed E-state index contributed by atoms with van der Waals surface area (Å²) in [5.41, 5.74) is 2.92. The van der Waals surface area contributed by atoms with Crippen molar-refractivity contribution in [1.29, 1.82) is 0 Å². The Morgan fingerprint density at radius 2 is 1.64 bits per heavy atom. The second kappa shape index (κ2) is 9.23. The van der Waals surface area contributed by atoms with Crippen molar-refractivity contribution < 1.29 is 14.3 Å². The second-order valence-electron chi connectivity index (χ2n) is 6.40. The molecule has 0 saturated heterocycles. The zero-order chi connectivity index (χ0) is 17.3. The molecule has 1 amide bonds. The first-order chi connectivity index (χ1) is 12.3. The number of carbonyl (C=O) groups is 1. The Bertz CT molecular complexity index is 647. The molecule has 0 aliphatic heterocycles. The lowest BCUT2D eigenvalue weighted by Crippen LogP contribution is -2.30. The van der Waals surface area contributed by atoms with E-state index in [-0.39, 0.29) is 12.5 Å². The summed E-state index contributed by atoms with van der Waals surface area (Å²) in [6.45, 7) is 1.64. The van der Waals surface area contributed by atoms with Gasteiger partial charge in [-0.25, -0.2) is 0 Å². The molecule has 0 unspecified atom stereocenters. The van der Waals surface area contributed by atoms with E-state index in [4.69, 9.17) is 9.47 Å². The largest absolute Gasteiger partial charge is 0.491 e. The van der Waals surface area contributed by atoms with Gasteiger partial charge >= 0.3 is 0 Å². The third-order valence-corrected chi connectivity index (χ3v) is 4.48. The van der Waals surface area contributed by atoms with Gasteiger partial charge in [0.25, 0.3) is 0 Å². The van der Waals surface area contributed by atoms with Crippen LogP contribution in [0.25, 0.3) is 0 Å². The van der Waals surface area contributed by atoms with E-state index in [1.54, 1.807) is 0 Å². The van der Waals surface area contributed by atoms with Crippen LogP contribution in [-0.4, -0.2) is 32.3 Å². The number of hydrogen-bond donors (Lipinski definition) is 1. The average molecular weight is 339 g/mol. The Labute approximate surface area is 149 Å². The molecule has 3 rings (SSSR count). The summed E-state index contributed by atoms with van der Waals surface area (Å²) in [6, 6.07) is 18.2. The van der Waals surface area contributed by atoms with Crippen molar-refractivity contribution in [3.05, 3.63) is 65.7 Å². The van der Waals surface area contributed by atoms with E-state index in [0.29, 0.717) is 25.7 Å². The molecule has 4 heteroatoms. The highest BCUT2D eigenvalue weighted by atomic mass is 16.5. The van der Waals surface area contributed by atoms with E-state index in [9.17, 15) is 4.79 Å². The molecule has 0 spiro atoms. The van der Waals surface area contributed by atoms with Gasteiger partial charge in [-0.3, -0.25) is 4.79 Å². The number of nitrogens with one attached hydrogen (secondary N) is 1. The van der Waals surface area contributed by atoms with Crippen LogP contribution >= 0.6 is 0 Å². The predicted octanol–water partition coefficient (Wildman–Crippen LogP) is 3.00. The lowest BCUT2D eigenvalue weighted by atomic mass is 10.0. The minimum Gasteiger partial charge on any atom is -0.491 e. The highest BCUT2D eigenvalue weighted by Gasteiger charge is 2.20. The zero-order valence-electron chi connectivity index (χ0n) is 14.4. The van der Waals surface area contributed by atoms with Crippen molar-refractivity contribution in [3.8, 4) is 5.75 Å². The number of amides is 1. The van der Waals surface area contributed by atoms with Gasteiger partial charge in [-0.15, -0.1) is 0 Å². The molecule has 0 bridgehead atoms. The molecule has 132 valence electrons. The molecular formula is C21H25NO3. The number of benzene rings is 2. The Morgan fingerprint density at radius 1 is 0.960 bits per heavy atom. The van der Waals surface area contributed by atoms with Crippen LogP contribution in [0.15, 0.2) is 54.6 Å². The molecule has 0 heterocycles. The standard InChI is InChI=1S/C21H25NO3/c23-21(16-24-12-13-25-20-8-2-1-3-9-20)22-11-10-17-14-18-6-4-5-7-19(18)15-17/h1-9,17H,10-16H2,(H,22,23). The van der Waals surface area contributed by atoms with Crippen molar-refractivity contribution >= 4 is 5.91 Å². The van der Waals surface area contributed by atoms with Crippen LogP contribution < -0.4 is 10.1 Å². The predicted molar refractivity (Wildman–Crippen MR) is 97.7 cm³/mol. The Hall–Kier alpha value is -2.33. The van der Waals surface area contributed by atoms with Crippen LogP contribution in [0, 0.1) is 5.92 Å². The number of rotatable bonds is 9. The van der Waals surface area contributed by atoms with Gasteiger partial charge in [-0.2, -0.15) is 0 Å². The molecular weight excluding hydrogens is 314 g/mol. The molecule has 1 aliphatic carbocycles. The van der Waals surface area contributed by atoms with Crippen LogP contribution in [0.5, 0.6) is 5.75 Å². The molecule has 2 aromatic carbocycles. The van der Waals surface area contributed by atoms with Gasteiger partial charge in [0.15, 0.2) is 0 Å². The van der Waals surface area contributed by atoms with Crippen molar-refractivity contribution in [2.75, 3.05) is 26.4 Å². The van der Waals surface area contributed by atoms with E-state index in [2.05, 4.69) is 29.6 Å². The SMILES string of the molecule is O=C(COCCOc1ccccc1)NCCC1Cc2ccccc2C1. The van der Waals surface area contributed by atoms with Gasteiger partial charge in [0, 0.05) is 6.54 Å². The minimum absolute atomic E-state index is 0.0600. The summed E-state index contributed by atoms with van der Waals surface area (Å²) in [5.74, 6) is 1.39. The zero-order valence-corrected chi connectivity index (χ0v) is 14.4. The third kappa shape index (κ3) is 5.61. The maximum absolute atomic E-state index is 11.8. The number of para-hydroxylation sites is 1. The van der Waals surface area contributed by atoms with E-state index in [1.165, 1.54) is 11.1 Å². The first-order valence-electron chi connectivity index (χ1n) is 8.90. The lowest BCUT2D eigenvalue weighted by Gasteiger charge is -2.10. The molecule has 1 aliphatic rings. The fourth-order valence-electron chi connectivity index (χ4n) is 3.22. The maximum Gasteiger partial charge on any atom is 0.246 e. The first kappa shape index (κ1) is 17.5. The van der Waals surface area contributed by atoms with Crippen LogP contribution in [-0.2, 0) is 22.4 Å². The van der Waals surface area contributed by atoms with E-state index < -0.39 is 0 Å². The first-order valence-corrected chi connectivity index (χ1v) is 8.90. The summed E-state index contributed by atoms with van der Waals surface area (Å²) in [6.07, 6.45) is 3.26. The third-order valence-electron chi connectivity index (χ3n) is 4.48. The van der Waals surface area contributed by atoms with Crippen molar-refractivity contribution in [2.45, 2.75) is 19.3 Å². The van der Waals surface area contributed by atoms with Crippen molar-refractivity contribution in [3.63, 3.8) is 0 Å². The van der Waals surface area contributed by atoms with Crippen LogP contribution in [0.2, 0.25) is 0 Å². The topological polar surface area (TPSA) is 47.6 Å². The summed E-state index contributed by atoms with van der Waals surface area (Å²) in [5, 5.41) is 2.94. The summed E-state index contributed by atoms with van der Waals surface area (Å²) in [7, 11) is 0. The monoisotopic (exact) mass is 339 g/mol. The van der Waals surface area contributed by atoms with Gasteiger partial charge in [-0.05, 0) is 48.4 Å². The molecule has 0 saturated carbocycles. The van der Waals surface area contributed by atoms with Crippen molar-refractivity contribution in [2.24, 2.45) is 5.92 Å². The number of ether oxygens (including phenoxy) is 2. The molecule has 4 nitrogen and oxygen atoms in total. The molecule has 1 N–H and O–H groups in total. The second-order valence-corrected chi connectivity index (χ2v) is 6.40. The van der Waals surface area contributed by atoms with E-state index in [0.717, 1.165) is 25.0 Å². The summed E-state index contributed by atoms with van der Waals surface area (Å²) >= 11 is 0. The van der Waals surface area contributed by atoms with Gasteiger partial charge in [-0.1, -0.05) is 42.5 Å². The Kier molecular flexibility index (Phi) is 6.46. The normalized spacial score (nSPS) is 13.4. The summed E-state index contributed by atoms with van der Waals surface area (Å²) < 4.78 is 10.9. The quantitative estimate of drug-likeness (QED) is 0.715. The molecule has 0 radical (unpaired) electrons. The van der Waals surface area contributed by atoms with Gasteiger partial charge in [0.1, 0.15) is 19.0 Å². The van der Waals surface area contributed by atoms with Crippen LogP contribution in [0.1, 0.15) is 17.5 Å². The van der Waals surface area contributed by atoms with Crippen molar-refractivity contribution in [1.82, 2.24) is 5.32 Å².